The zero-order valence-corrected chi connectivity index (χ0v) is 24.2. The number of hydrogen-bond acceptors (Lipinski definition) is 8. The average molecular weight is 607 g/mol. The largest absolute Gasteiger partial charge is 0.480 e. The molecular formula is C29H28F2N8O5. The van der Waals surface area contributed by atoms with Gasteiger partial charge in [0.2, 0.25) is 5.88 Å². The summed E-state index contributed by atoms with van der Waals surface area (Å²) in [6.07, 6.45) is 1.60. The van der Waals surface area contributed by atoms with Crippen LogP contribution in [0.25, 0.3) is 22.5 Å². The van der Waals surface area contributed by atoms with Crippen molar-refractivity contribution in [3.63, 3.8) is 0 Å². The highest BCUT2D eigenvalue weighted by atomic mass is 19.1. The smallest absolute Gasteiger partial charge is 0.352 e. The number of nitrogens with zero attached hydrogens (tertiary/aromatic N) is 6. The molecule has 0 unspecified atom stereocenters. The minimum Gasteiger partial charge on any atom is -0.480 e. The van der Waals surface area contributed by atoms with E-state index in [0.29, 0.717) is 22.4 Å². The normalized spacial score (nSPS) is 11.2. The Bertz CT molecular complexity index is 1950. The number of amides is 2. The molecule has 228 valence electrons. The van der Waals surface area contributed by atoms with Gasteiger partial charge in [0.15, 0.2) is 5.82 Å². The summed E-state index contributed by atoms with van der Waals surface area (Å²) in [5.74, 6) is -1.33. The second-order valence-corrected chi connectivity index (χ2v) is 9.94. The number of benzene rings is 2. The van der Waals surface area contributed by atoms with Crippen molar-refractivity contribution in [1.29, 1.82) is 0 Å². The Labute approximate surface area is 248 Å². The highest BCUT2D eigenvalue weighted by Gasteiger charge is 2.24. The molecule has 15 heteroatoms. The van der Waals surface area contributed by atoms with Crippen LogP contribution in [0.5, 0.6) is 5.88 Å². The van der Waals surface area contributed by atoms with Crippen molar-refractivity contribution in [3.8, 4) is 22.8 Å². The molecule has 0 atom stereocenters. The van der Waals surface area contributed by atoms with Crippen LogP contribution in [0.2, 0.25) is 0 Å². The Balaban J connectivity index is 1.78. The molecule has 0 spiro atoms. The molecule has 2 aromatic carbocycles. The van der Waals surface area contributed by atoms with E-state index < -0.39 is 35.5 Å². The summed E-state index contributed by atoms with van der Waals surface area (Å²) in [5.41, 5.74) is 2.91. The van der Waals surface area contributed by atoms with Crippen LogP contribution in [0.4, 0.5) is 19.3 Å². The van der Waals surface area contributed by atoms with Crippen LogP contribution in [0, 0.1) is 11.6 Å². The second-order valence-electron chi connectivity index (χ2n) is 9.94. The second kappa shape index (κ2) is 12.4. The van der Waals surface area contributed by atoms with Crippen molar-refractivity contribution in [2.24, 2.45) is 0 Å². The van der Waals surface area contributed by atoms with E-state index in [1.807, 2.05) is 19.0 Å². The number of nitrogens with one attached hydrogen (secondary N) is 2. The Hall–Kier alpha value is -5.41. The van der Waals surface area contributed by atoms with Gasteiger partial charge in [-0.15, -0.1) is 10.2 Å². The van der Waals surface area contributed by atoms with E-state index in [4.69, 9.17) is 4.74 Å². The van der Waals surface area contributed by atoms with Crippen molar-refractivity contribution in [2.45, 2.75) is 13.1 Å². The molecule has 5 aromatic rings. The van der Waals surface area contributed by atoms with Gasteiger partial charge in [-0.1, -0.05) is 12.1 Å². The third-order valence-electron chi connectivity index (χ3n) is 6.68. The highest BCUT2D eigenvalue weighted by Crippen LogP contribution is 2.30. The van der Waals surface area contributed by atoms with E-state index in [1.54, 1.807) is 30.5 Å². The standard InChI is InChI=1S/C29H28F2N8O5/c1-36(2)15-22-21(17-5-8-20(9-6-17)32-28(41)35-44-4)16-37-26(22)27(40)39(24-11-12-25(43-3)34-33-24)29(42)38(37)14-18-13-19(30)7-10-23(18)31/h5-13,16H,14-15H2,1-4H3,(H2,32,35,41). The van der Waals surface area contributed by atoms with Gasteiger partial charge in [-0.2, -0.15) is 0 Å². The van der Waals surface area contributed by atoms with E-state index in [2.05, 4.69) is 25.8 Å². The average Bonchev–Trinajstić information content (AvgIpc) is 3.36. The molecule has 3 heterocycles. The summed E-state index contributed by atoms with van der Waals surface area (Å²) in [7, 11) is 6.35. The SMILES string of the molecule is CONC(=O)Nc1ccc(-c2cn3c(c2CN(C)C)c(=O)n(-c2ccc(OC)nn2)c(=O)n3Cc2cc(F)ccc2F)cc1. The number of urea groups is 1. The molecule has 0 bridgehead atoms. The van der Waals surface area contributed by atoms with Gasteiger partial charge in [0.1, 0.15) is 17.2 Å². The number of aromatic nitrogens is 5. The number of hydroxylamine groups is 1. The first kappa shape index (κ1) is 30.1. The molecule has 0 aliphatic carbocycles. The minimum absolute atomic E-state index is 0.0833. The number of hydrogen-bond donors (Lipinski definition) is 2. The van der Waals surface area contributed by atoms with Crippen LogP contribution in [0.15, 0.2) is 70.4 Å². The van der Waals surface area contributed by atoms with E-state index in [-0.39, 0.29) is 29.3 Å². The number of methoxy groups -OCH3 is 1. The first-order chi connectivity index (χ1) is 21.1. The molecule has 0 saturated heterocycles. The van der Waals surface area contributed by atoms with E-state index >= 15 is 0 Å². The molecule has 0 radical (unpaired) electrons. The molecule has 0 aliphatic heterocycles. The lowest BCUT2D eigenvalue weighted by Gasteiger charge is -2.15. The molecular weight excluding hydrogens is 578 g/mol. The number of carbonyl (C=O) groups excluding carboxylic acids is 1. The zero-order valence-electron chi connectivity index (χ0n) is 24.2. The van der Waals surface area contributed by atoms with E-state index in [9.17, 15) is 23.2 Å². The van der Waals surface area contributed by atoms with Crippen LogP contribution in [-0.4, -0.2) is 63.2 Å². The van der Waals surface area contributed by atoms with Gasteiger partial charge >= 0.3 is 11.7 Å². The maximum atomic E-state index is 14.8. The Kier molecular flexibility index (Phi) is 8.50. The molecule has 0 fully saturated rings. The molecule has 2 N–H and O–H groups in total. The molecule has 2 amide bonds. The highest BCUT2D eigenvalue weighted by molar-refractivity contribution is 5.89. The zero-order chi connectivity index (χ0) is 31.5. The lowest BCUT2D eigenvalue weighted by atomic mass is 10.0. The Morgan fingerprint density at radius 3 is 2.39 bits per heavy atom. The first-order valence-corrected chi connectivity index (χ1v) is 13.2. The van der Waals surface area contributed by atoms with Crippen molar-refractivity contribution < 1.29 is 23.1 Å². The number of rotatable bonds is 9. The lowest BCUT2D eigenvalue weighted by Crippen LogP contribution is -2.43. The van der Waals surface area contributed by atoms with Gasteiger partial charge in [-0.3, -0.25) is 14.1 Å². The van der Waals surface area contributed by atoms with Gasteiger partial charge < -0.3 is 15.0 Å². The summed E-state index contributed by atoms with van der Waals surface area (Å²) in [6, 6.07) is 12.0. The molecule has 0 aliphatic rings. The number of anilines is 1. The molecule has 44 heavy (non-hydrogen) atoms. The number of ether oxygens (including phenoxy) is 1. The third-order valence-corrected chi connectivity index (χ3v) is 6.68. The Morgan fingerprint density at radius 1 is 1.00 bits per heavy atom. The Morgan fingerprint density at radius 2 is 1.75 bits per heavy atom. The molecule has 3 aromatic heterocycles. The van der Waals surface area contributed by atoms with Crippen molar-refractivity contribution in [1.82, 2.24) is 34.3 Å². The fraction of sp³-hybridized carbons (Fsp3) is 0.207. The number of halogens is 2. The molecule has 13 nitrogen and oxygen atoms in total. The van der Waals surface area contributed by atoms with E-state index in [0.717, 1.165) is 27.4 Å². The van der Waals surface area contributed by atoms with Crippen LogP contribution >= 0.6 is 0 Å². The van der Waals surface area contributed by atoms with Crippen molar-refractivity contribution in [3.05, 3.63) is 104 Å². The van der Waals surface area contributed by atoms with Crippen LogP contribution in [-0.2, 0) is 17.9 Å². The van der Waals surface area contributed by atoms with Crippen LogP contribution in [0.1, 0.15) is 11.1 Å². The maximum absolute atomic E-state index is 14.8. The quantitative estimate of drug-likeness (QED) is 0.245. The van der Waals surface area contributed by atoms with Crippen molar-refractivity contribution in [2.75, 3.05) is 33.6 Å². The lowest BCUT2D eigenvalue weighted by molar-refractivity contribution is 0.114. The summed E-state index contributed by atoms with van der Waals surface area (Å²) >= 11 is 0. The van der Waals surface area contributed by atoms with Crippen LogP contribution < -0.4 is 26.8 Å². The van der Waals surface area contributed by atoms with Gasteiger partial charge in [-0.05, 0) is 56.1 Å². The van der Waals surface area contributed by atoms with Crippen molar-refractivity contribution >= 4 is 17.2 Å². The predicted molar refractivity (Wildman–Crippen MR) is 157 cm³/mol. The van der Waals surface area contributed by atoms with Gasteiger partial charge in [0, 0.05) is 41.2 Å². The third kappa shape index (κ3) is 5.91. The summed E-state index contributed by atoms with van der Waals surface area (Å²) in [5, 5.41) is 10.5. The summed E-state index contributed by atoms with van der Waals surface area (Å²) in [4.78, 5) is 46.4. The molecule has 5 rings (SSSR count). The monoisotopic (exact) mass is 606 g/mol. The summed E-state index contributed by atoms with van der Waals surface area (Å²) < 4.78 is 37.4. The van der Waals surface area contributed by atoms with Gasteiger partial charge in [-0.25, -0.2) is 33.1 Å². The topological polar surface area (TPSA) is 137 Å². The maximum Gasteiger partial charge on any atom is 0.352 e. The number of carbonyl (C=O) groups is 1. The van der Waals surface area contributed by atoms with E-state index in [1.165, 1.54) is 30.9 Å². The fourth-order valence-electron chi connectivity index (χ4n) is 4.77. The van der Waals surface area contributed by atoms with Crippen LogP contribution in [0.3, 0.4) is 0 Å². The summed E-state index contributed by atoms with van der Waals surface area (Å²) in [6.45, 7) is -0.131. The van der Waals surface area contributed by atoms with Gasteiger partial charge in [0.25, 0.3) is 5.56 Å². The predicted octanol–water partition coefficient (Wildman–Crippen LogP) is 2.79. The molecule has 0 saturated carbocycles. The number of fused-ring (bicyclic) bond motifs is 1. The minimum atomic E-state index is -0.854. The first-order valence-electron chi connectivity index (χ1n) is 13.2. The fourth-order valence-corrected chi connectivity index (χ4v) is 4.77. The van der Waals surface area contributed by atoms with Gasteiger partial charge in [0.05, 0.1) is 20.8 Å².